The van der Waals surface area contributed by atoms with Crippen LogP contribution in [0.25, 0.3) is 0 Å². The van der Waals surface area contributed by atoms with Crippen molar-refractivity contribution in [3.63, 3.8) is 0 Å². The van der Waals surface area contributed by atoms with Gasteiger partial charge in [-0.3, -0.25) is 4.79 Å². The number of benzene rings is 2. The summed E-state index contributed by atoms with van der Waals surface area (Å²) in [5.74, 6) is -0.0571. The molecule has 2 atom stereocenters. The number of carbonyl (C=O) groups is 2. The Bertz CT molecular complexity index is 1300. The van der Waals surface area contributed by atoms with Crippen LogP contribution in [0.3, 0.4) is 0 Å². The van der Waals surface area contributed by atoms with Gasteiger partial charge in [-0.2, -0.15) is 4.79 Å². The third kappa shape index (κ3) is 4.76. The van der Waals surface area contributed by atoms with Crippen LogP contribution in [0.5, 0.6) is 5.75 Å². The smallest absolute Gasteiger partial charge is 0.486 e. The average Bonchev–Trinajstić information content (AvgIpc) is 3.35. The minimum absolute atomic E-state index is 0.0185. The zero-order valence-electron chi connectivity index (χ0n) is 21.3. The fourth-order valence-electron chi connectivity index (χ4n) is 5.60. The van der Waals surface area contributed by atoms with E-state index in [1.54, 1.807) is 36.5 Å². The lowest BCUT2D eigenvalue weighted by Gasteiger charge is -2.53. The largest absolute Gasteiger partial charge is 0.517 e. The number of carbonyl (C=O) groups excluding carboxylic acids is 2. The molecule has 38 heavy (non-hydrogen) atoms. The van der Waals surface area contributed by atoms with Crippen molar-refractivity contribution in [2.75, 3.05) is 49.8 Å². The summed E-state index contributed by atoms with van der Waals surface area (Å²) in [6, 6.07) is 10.8. The standard InChI is InChI=1S/C28H30FN5O4/c1-32-24-13-22(33-17-28(18-33)8-10-37-11-9-28)6-7-25(24)38-16-23(26(32)35)31-27(36)34-15-20(14-30-34)12-19-2-4-21(29)5-3-19/h2-7,13-15,20,23H,8-12,16-18H2,1H3/p+1. The molecule has 0 radical (unpaired) electrons. The monoisotopic (exact) mass is 520 g/mol. The minimum Gasteiger partial charge on any atom is -0.486 e. The minimum atomic E-state index is -0.863. The van der Waals surface area contributed by atoms with Gasteiger partial charge in [-0.1, -0.05) is 21.9 Å². The number of fused-ring (bicyclic) bond motifs is 1. The van der Waals surface area contributed by atoms with Gasteiger partial charge in [0.2, 0.25) is 6.04 Å². The number of amides is 3. The molecule has 1 spiro atoms. The number of ether oxygens (including phenoxy) is 2. The molecular weight excluding hydrogens is 489 g/mol. The number of urea groups is 1. The zero-order chi connectivity index (χ0) is 26.3. The fourth-order valence-corrected chi connectivity index (χ4v) is 5.60. The van der Waals surface area contributed by atoms with Crippen molar-refractivity contribution >= 4 is 35.7 Å². The maximum atomic E-state index is 13.3. The number of anilines is 2. The van der Waals surface area contributed by atoms with Crippen LogP contribution in [-0.2, 0) is 16.0 Å². The average molecular weight is 521 g/mol. The molecular formula is C28H31FN5O4+. The van der Waals surface area contributed by atoms with Gasteiger partial charge in [0.1, 0.15) is 24.4 Å². The fraction of sp³-hybridized carbons (Fsp3) is 0.429. The van der Waals surface area contributed by atoms with E-state index in [9.17, 15) is 14.0 Å². The number of hydrogen-bond acceptors (Lipinski definition) is 6. The Balaban J connectivity index is 1.09. The molecule has 4 heterocycles. The van der Waals surface area contributed by atoms with Crippen LogP contribution >= 0.6 is 0 Å². The highest BCUT2D eigenvalue weighted by atomic mass is 19.1. The maximum Gasteiger partial charge on any atom is 0.517 e. The van der Waals surface area contributed by atoms with Gasteiger partial charge in [0.05, 0.1) is 17.8 Å². The van der Waals surface area contributed by atoms with Gasteiger partial charge in [0.25, 0.3) is 5.91 Å². The van der Waals surface area contributed by atoms with E-state index in [4.69, 9.17) is 9.47 Å². The third-order valence-electron chi connectivity index (χ3n) is 7.91. The Morgan fingerprint density at radius 1 is 1.18 bits per heavy atom. The number of likely N-dealkylation sites (N-methyl/N-ethyl adjacent to an activating group) is 1. The third-order valence-corrected chi connectivity index (χ3v) is 7.91. The lowest BCUT2D eigenvalue weighted by Crippen LogP contribution is -2.58. The maximum absolute atomic E-state index is 13.3. The highest BCUT2D eigenvalue weighted by molar-refractivity contribution is 6.01. The summed E-state index contributed by atoms with van der Waals surface area (Å²) < 4.78 is 25.9. The van der Waals surface area contributed by atoms with Crippen molar-refractivity contribution in [3.8, 4) is 5.75 Å². The molecule has 4 aliphatic rings. The Kier molecular flexibility index (Phi) is 6.35. The molecule has 198 valence electrons. The Morgan fingerprint density at radius 2 is 1.95 bits per heavy atom. The lowest BCUT2D eigenvalue weighted by molar-refractivity contribution is -0.425. The van der Waals surface area contributed by atoms with Gasteiger partial charge in [-0.05, 0) is 55.2 Å². The summed E-state index contributed by atoms with van der Waals surface area (Å²) in [6.07, 6.45) is 6.11. The van der Waals surface area contributed by atoms with Gasteiger partial charge in [0, 0.05) is 44.5 Å². The molecule has 0 bridgehead atoms. The summed E-state index contributed by atoms with van der Waals surface area (Å²) in [7, 11) is 1.70. The van der Waals surface area contributed by atoms with Crippen molar-refractivity contribution < 1.29 is 28.1 Å². The Morgan fingerprint density at radius 3 is 2.71 bits per heavy atom. The summed E-state index contributed by atoms with van der Waals surface area (Å²) in [6.45, 7) is 3.64. The molecule has 2 aromatic rings. The van der Waals surface area contributed by atoms with E-state index in [1.807, 2.05) is 18.2 Å². The van der Waals surface area contributed by atoms with E-state index >= 15 is 0 Å². The molecule has 9 nitrogen and oxygen atoms in total. The van der Waals surface area contributed by atoms with Crippen LogP contribution in [0.15, 0.2) is 47.6 Å². The van der Waals surface area contributed by atoms with Crippen molar-refractivity contribution in [1.82, 2.24) is 5.32 Å². The molecule has 6 rings (SSSR count). The van der Waals surface area contributed by atoms with E-state index < -0.39 is 12.1 Å². The predicted octanol–water partition coefficient (Wildman–Crippen LogP) is 2.82. The molecule has 2 saturated heterocycles. The number of hydrogen-bond donors (Lipinski definition) is 1. The van der Waals surface area contributed by atoms with E-state index in [0.717, 1.165) is 50.4 Å². The molecule has 1 N–H and O–H groups in total. The van der Waals surface area contributed by atoms with Gasteiger partial charge in [0.15, 0.2) is 0 Å². The van der Waals surface area contributed by atoms with Crippen LogP contribution in [0.4, 0.5) is 20.6 Å². The lowest BCUT2D eigenvalue weighted by atomic mass is 9.73. The molecule has 2 fully saturated rings. The zero-order valence-corrected chi connectivity index (χ0v) is 21.3. The van der Waals surface area contributed by atoms with Crippen molar-refractivity contribution in [2.24, 2.45) is 16.4 Å². The highest BCUT2D eigenvalue weighted by Gasteiger charge is 2.44. The SMILES string of the molecule is CN1C(=O)C(NC(=O)[N+]2=CC(Cc3ccc(F)cc3)C=N2)COc2ccc(N3CC4(CCOCC4)C3)cc21. The van der Waals surface area contributed by atoms with Crippen LogP contribution in [0.1, 0.15) is 18.4 Å². The van der Waals surface area contributed by atoms with Gasteiger partial charge >= 0.3 is 6.03 Å². The van der Waals surface area contributed by atoms with E-state index in [2.05, 4.69) is 15.3 Å². The number of hydrazone groups is 1. The normalized spacial score (nSPS) is 23.8. The predicted molar refractivity (Wildman–Crippen MR) is 141 cm³/mol. The van der Waals surface area contributed by atoms with Gasteiger partial charge in [-0.15, -0.1) is 0 Å². The molecule has 2 unspecified atom stereocenters. The number of rotatable bonds is 4. The second-order valence-corrected chi connectivity index (χ2v) is 10.6. The van der Waals surface area contributed by atoms with E-state index in [0.29, 0.717) is 23.3 Å². The van der Waals surface area contributed by atoms with E-state index in [-0.39, 0.29) is 24.2 Å². The van der Waals surface area contributed by atoms with Gasteiger partial charge < -0.3 is 19.3 Å². The summed E-state index contributed by atoms with van der Waals surface area (Å²) in [4.78, 5) is 30.1. The molecule has 0 saturated carbocycles. The van der Waals surface area contributed by atoms with Crippen LogP contribution in [-0.4, -0.2) is 75.1 Å². The quantitative estimate of drug-likeness (QED) is 0.627. The first kappa shape index (κ1) is 24.5. The second-order valence-electron chi connectivity index (χ2n) is 10.6. The molecule has 10 heteroatoms. The van der Waals surface area contributed by atoms with Crippen LogP contribution < -0.4 is 19.9 Å². The summed E-state index contributed by atoms with van der Waals surface area (Å²) >= 11 is 0. The molecule has 0 aromatic heterocycles. The number of halogens is 1. The highest BCUT2D eigenvalue weighted by Crippen LogP contribution is 2.44. The second kappa shape index (κ2) is 9.83. The van der Waals surface area contributed by atoms with Crippen molar-refractivity contribution in [2.45, 2.75) is 25.3 Å². The van der Waals surface area contributed by atoms with Crippen molar-refractivity contribution in [1.29, 1.82) is 0 Å². The topological polar surface area (TPSA) is 86.5 Å². The number of nitrogens with one attached hydrogen (secondary N) is 1. The summed E-state index contributed by atoms with van der Waals surface area (Å²) in [5, 5.41) is 6.93. The first-order valence-electron chi connectivity index (χ1n) is 13.0. The van der Waals surface area contributed by atoms with Crippen LogP contribution in [0, 0.1) is 17.2 Å². The molecule has 3 amide bonds. The Hall–Kier alpha value is -3.79. The Labute approximate surface area is 220 Å². The van der Waals surface area contributed by atoms with E-state index in [1.165, 1.54) is 16.8 Å². The first-order valence-corrected chi connectivity index (χ1v) is 13.0. The first-order chi connectivity index (χ1) is 18.4. The van der Waals surface area contributed by atoms with Crippen molar-refractivity contribution in [3.05, 3.63) is 53.8 Å². The number of nitrogens with zero attached hydrogens (tertiary/aromatic N) is 4. The molecule has 4 aliphatic heterocycles. The van der Waals surface area contributed by atoms with Gasteiger partial charge in [-0.25, -0.2) is 9.71 Å². The molecule has 2 aromatic carbocycles. The van der Waals surface area contributed by atoms with Crippen LogP contribution in [0.2, 0.25) is 0 Å². The summed E-state index contributed by atoms with van der Waals surface area (Å²) in [5.41, 5.74) is 3.02. The molecule has 0 aliphatic carbocycles.